The lowest BCUT2D eigenvalue weighted by Crippen LogP contribution is -2.35. The molecule has 2 aromatic carbocycles. The third-order valence-electron chi connectivity index (χ3n) is 3.66. The quantitative estimate of drug-likeness (QED) is 0.847. The van der Waals surface area contributed by atoms with E-state index in [1.165, 1.54) is 18.1 Å². The van der Waals surface area contributed by atoms with E-state index in [-0.39, 0.29) is 18.2 Å². The molecule has 0 aliphatic carbocycles. The Labute approximate surface area is 139 Å². The molecule has 5 nitrogen and oxygen atoms in total. The zero-order valence-corrected chi connectivity index (χ0v) is 13.6. The molecule has 0 spiro atoms. The number of likely N-dealkylation sites (N-methyl/N-ethyl adjacent to an activating group) is 1. The molecule has 0 unspecified atom stereocenters. The lowest BCUT2D eigenvalue weighted by Gasteiger charge is -2.19. The Morgan fingerprint density at radius 3 is 2.38 bits per heavy atom. The molecule has 24 heavy (non-hydrogen) atoms. The molecule has 0 aliphatic rings. The van der Waals surface area contributed by atoms with Gasteiger partial charge in [0.25, 0.3) is 5.91 Å². The first-order valence-corrected chi connectivity index (χ1v) is 7.44. The molecule has 0 bridgehead atoms. The van der Waals surface area contributed by atoms with Gasteiger partial charge in [-0.15, -0.1) is 0 Å². The summed E-state index contributed by atoms with van der Waals surface area (Å²) in [4.78, 5) is 13.6. The van der Waals surface area contributed by atoms with Crippen LogP contribution in [0.2, 0.25) is 0 Å². The summed E-state index contributed by atoms with van der Waals surface area (Å²) >= 11 is 0. The first-order chi connectivity index (χ1) is 11.5. The van der Waals surface area contributed by atoms with Crippen molar-refractivity contribution in [2.24, 2.45) is 0 Å². The fourth-order valence-electron chi connectivity index (χ4n) is 2.33. The number of aliphatic hydroxyl groups is 2. The van der Waals surface area contributed by atoms with Crippen LogP contribution in [-0.4, -0.2) is 54.4 Å². The van der Waals surface area contributed by atoms with Crippen molar-refractivity contribution >= 4 is 5.91 Å². The Hall–Kier alpha value is -2.44. The summed E-state index contributed by atoms with van der Waals surface area (Å²) in [5.41, 5.74) is 1.89. The lowest BCUT2D eigenvalue weighted by molar-refractivity contribution is 0.0520. The number of nitrogens with zero attached hydrogens (tertiary/aromatic N) is 1. The first-order valence-electron chi connectivity index (χ1n) is 7.44. The van der Waals surface area contributed by atoms with Gasteiger partial charge >= 0.3 is 0 Å². The van der Waals surface area contributed by atoms with Gasteiger partial charge < -0.3 is 19.8 Å². The lowest BCUT2D eigenvalue weighted by atomic mass is 10.0. The Morgan fingerprint density at radius 2 is 1.83 bits per heavy atom. The molecule has 0 heterocycles. The third kappa shape index (κ3) is 4.10. The van der Waals surface area contributed by atoms with Crippen molar-refractivity contribution in [1.29, 1.82) is 0 Å². The number of carbonyl (C=O) groups excluding carboxylic acids is 1. The van der Waals surface area contributed by atoms with Crippen LogP contribution in [0.3, 0.4) is 0 Å². The molecular weight excluding hydrogens is 313 g/mol. The predicted molar refractivity (Wildman–Crippen MR) is 88.4 cm³/mol. The summed E-state index contributed by atoms with van der Waals surface area (Å²) in [5.74, 6) is -0.544. The van der Waals surface area contributed by atoms with Crippen LogP contribution >= 0.6 is 0 Å². The maximum absolute atomic E-state index is 13.8. The Morgan fingerprint density at radius 1 is 1.21 bits per heavy atom. The van der Waals surface area contributed by atoms with Gasteiger partial charge in [-0.05, 0) is 35.4 Å². The van der Waals surface area contributed by atoms with Crippen LogP contribution < -0.4 is 4.74 Å². The van der Waals surface area contributed by atoms with Gasteiger partial charge in [-0.3, -0.25) is 4.79 Å². The van der Waals surface area contributed by atoms with Gasteiger partial charge in [0.05, 0.1) is 19.8 Å². The number of hydrogen-bond acceptors (Lipinski definition) is 4. The smallest absolute Gasteiger partial charge is 0.253 e. The highest BCUT2D eigenvalue weighted by molar-refractivity contribution is 5.94. The van der Waals surface area contributed by atoms with Crippen LogP contribution in [0.25, 0.3) is 11.1 Å². The van der Waals surface area contributed by atoms with Gasteiger partial charge in [-0.25, -0.2) is 4.39 Å². The molecule has 1 amide bonds. The van der Waals surface area contributed by atoms with E-state index in [1.807, 2.05) is 0 Å². The number of halogens is 1. The molecule has 0 aliphatic heterocycles. The van der Waals surface area contributed by atoms with Gasteiger partial charge in [0.2, 0.25) is 0 Å². The largest absolute Gasteiger partial charge is 0.494 e. The fraction of sp³-hybridized carbons (Fsp3) is 0.278. The van der Waals surface area contributed by atoms with Crippen LogP contribution in [0.5, 0.6) is 5.75 Å². The summed E-state index contributed by atoms with van der Waals surface area (Å²) in [6, 6.07) is 11.4. The second-order valence-electron chi connectivity index (χ2n) is 5.45. The van der Waals surface area contributed by atoms with Crippen molar-refractivity contribution in [3.05, 3.63) is 53.8 Å². The van der Waals surface area contributed by atoms with E-state index >= 15 is 0 Å². The molecule has 2 N–H and O–H groups in total. The van der Waals surface area contributed by atoms with Crippen molar-refractivity contribution in [3.8, 4) is 16.9 Å². The summed E-state index contributed by atoms with van der Waals surface area (Å²) < 4.78 is 18.7. The fourth-order valence-corrected chi connectivity index (χ4v) is 2.33. The average molecular weight is 333 g/mol. The zero-order chi connectivity index (χ0) is 17.7. The molecule has 2 aromatic rings. The van der Waals surface area contributed by atoms with Gasteiger partial charge in [0.15, 0.2) is 11.6 Å². The number of amides is 1. The average Bonchev–Trinajstić information content (AvgIpc) is 2.60. The molecule has 128 valence electrons. The highest BCUT2D eigenvalue weighted by Crippen LogP contribution is 2.25. The minimum absolute atomic E-state index is 0.0424. The van der Waals surface area contributed by atoms with E-state index in [2.05, 4.69) is 0 Å². The molecule has 1 atom stereocenters. The maximum Gasteiger partial charge on any atom is 0.253 e. The minimum Gasteiger partial charge on any atom is -0.494 e. The van der Waals surface area contributed by atoms with Gasteiger partial charge in [0, 0.05) is 19.2 Å². The molecular formula is C18H20FNO4. The zero-order valence-electron chi connectivity index (χ0n) is 13.6. The number of methoxy groups -OCH3 is 1. The Bertz CT molecular complexity index is 703. The van der Waals surface area contributed by atoms with E-state index in [4.69, 9.17) is 9.84 Å². The van der Waals surface area contributed by atoms with Crippen LogP contribution in [0.1, 0.15) is 10.4 Å². The molecule has 2 rings (SSSR count). The van der Waals surface area contributed by atoms with Crippen LogP contribution in [-0.2, 0) is 0 Å². The number of carbonyl (C=O) groups is 1. The van der Waals surface area contributed by atoms with E-state index in [1.54, 1.807) is 43.4 Å². The summed E-state index contributed by atoms with van der Waals surface area (Å²) in [6.45, 7) is -0.361. The van der Waals surface area contributed by atoms with E-state index in [0.29, 0.717) is 11.1 Å². The second kappa shape index (κ2) is 7.90. The monoisotopic (exact) mass is 333 g/mol. The topological polar surface area (TPSA) is 70.0 Å². The maximum atomic E-state index is 13.8. The second-order valence-corrected chi connectivity index (χ2v) is 5.45. The third-order valence-corrected chi connectivity index (χ3v) is 3.66. The van der Waals surface area contributed by atoms with Crippen molar-refractivity contribution < 1.29 is 24.1 Å². The summed E-state index contributed by atoms with van der Waals surface area (Å²) in [6.07, 6.45) is -0.972. The van der Waals surface area contributed by atoms with Crippen LogP contribution in [0.15, 0.2) is 42.5 Å². The Balaban J connectivity index is 2.15. The van der Waals surface area contributed by atoms with Crippen molar-refractivity contribution in [2.75, 3.05) is 27.3 Å². The van der Waals surface area contributed by atoms with Gasteiger partial charge in [0.1, 0.15) is 0 Å². The molecule has 6 heteroatoms. The van der Waals surface area contributed by atoms with Gasteiger partial charge in [-0.2, -0.15) is 0 Å². The summed E-state index contributed by atoms with van der Waals surface area (Å²) in [5, 5.41) is 18.2. The molecule has 0 saturated carbocycles. The standard InChI is InChI=1S/C18H20FNO4/c1-20(10-15(22)11-21)18(23)13-5-3-12(4-6-13)14-7-8-17(24-2)16(19)9-14/h3-9,15,21-22H,10-11H2,1-2H3/t15-/m0/s1. The van der Waals surface area contributed by atoms with E-state index in [9.17, 15) is 14.3 Å². The van der Waals surface area contributed by atoms with E-state index < -0.39 is 18.5 Å². The van der Waals surface area contributed by atoms with Crippen molar-refractivity contribution in [1.82, 2.24) is 4.90 Å². The SMILES string of the molecule is COc1ccc(-c2ccc(C(=O)N(C)C[C@H](O)CO)cc2)cc1F. The number of hydrogen-bond donors (Lipinski definition) is 2. The number of rotatable bonds is 6. The molecule has 0 fully saturated rings. The van der Waals surface area contributed by atoms with Crippen LogP contribution in [0, 0.1) is 5.82 Å². The molecule has 0 aromatic heterocycles. The van der Waals surface area contributed by atoms with Crippen molar-refractivity contribution in [2.45, 2.75) is 6.10 Å². The van der Waals surface area contributed by atoms with Crippen molar-refractivity contribution in [3.63, 3.8) is 0 Å². The first kappa shape index (κ1) is 17.9. The van der Waals surface area contributed by atoms with E-state index in [0.717, 1.165) is 5.56 Å². The summed E-state index contributed by atoms with van der Waals surface area (Å²) in [7, 11) is 2.96. The Kier molecular flexibility index (Phi) is 5.89. The normalized spacial score (nSPS) is 11.9. The molecule has 0 saturated heterocycles. The number of ether oxygens (including phenoxy) is 1. The van der Waals surface area contributed by atoms with Gasteiger partial charge in [-0.1, -0.05) is 18.2 Å². The predicted octanol–water partition coefficient (Wildman–Crippen LogP) is 1.93. The highest BCUT2D eigenvalue weighted by atomic mass is 19.1. The number of benzene rings is 2. The molecule has 0 radical (unpaired) electrons. The highest BCUT2D eigenvalue weighted by Gasteiger charge is 2.15. The minimum atomic E-state index is -0.972. The number of aliphatic hydroxyl groups excluding tert-OH is 2. The van der Waals surface area contributed by atoms with Crippen LogP contribution in [0.4, 0.5) is 4.39 Å².